The number of rotatable bonds is 6. The van der Waals surface area contributed by atoms with Crippen molar-refractivity contribution >= 4 is 28.7 Å². The Balaban J connectivity index is 1.62. The predicted octanol–water partition coefficient (Wildman–Crippen LogP) is 4.83. The molecule has 0 aliphatic carbocycles. The summed E-state index contributed by atoms with van der Waals surface area (Å²) in [6.45, 7) is 0.561. The lowest BCUT2D eigenvalue weighted by Crippen LogP contribution is -2.36. The normalized spacial score (nSPS) is 15.2. The summed E-state index contributed by atoms with van der Waals surface area (Å²) in [6, 6.07) is 24.0. The van der Waals surface area contributed by atoms with Crippen LogP contribution < -0.4 is 10.1 Å². The van der Waals surface area contributed by atoms with Gasteiger partial charge in [0.05, 0.1) is 23.8 Å². The van der Waals surface area contributed by atoms with Crippen molar-refractivity contribution in [3.8, 4) is 5.75 Å². The zero-order valence-corrected chi connectivity index (χ0v) is 18.3. The van der Waals surface area contributed by atoms with Gasteiger partial charge in [0.25, 0.3) is 5.69 Å². The van der Waals surface area contributed by atoms with Crippen molar-refractivity contribution in [1.29, 1.82) is 0 Å². The number of thiocarbonyl (C=S) groups is 1. The lowest BCUT2D eigenvalue weighted by Gasteiger charge is -2.24. The molecule has 4 rings (SSSR count). The molecular weight excluding hydrogens is 424 g/mol. The predicted molar refractivity (Wildman–Crippen MR) is 128 cm³/mol. The molecular formula is C24H22N4O3S. The van der Waals surface area contributed by atoms with Crippen LogP contribution in [0.3, 0.4) is 0 Å². The fraction of sp³-hybridized carbons (Fsp3) is 0.167. The average Bonchev–Trinajstić information content (AvgIpc) is 3.29. The molecule has 8 heteroatoms. The second kappa shape index (κ2) is 9.57. The highest BCUT2D eigenvalue weighted by molar-refractivity contribution is 7.80. The number of hydrogen-bond acceptors (Lipinski definition) is 5. The first-order valence-electron chi connectivity index (χ1n) is 10.1. The Morgan fingerprint density at radius 2 is 1.91 bits per heavy atom. The Morgan fingerprint density at radius 1 is 1.16 bits per heavy atom. The fourth-order valence-electron chi connectivity index (χ4n) is 3.62. The quantitative estimate of drug-likeness (QED) is 0.332. The largest absolute Gasteiger partial charge is 0.497 e. The number of benzene rings is 3. The number of nitrogens with zero attached hydrogens (tertiary/aromatic N) is 3. The summed E-state index contributed by atoms with van der Waals surface area (Å²) >= 11 is 5.67. The number of hydrazone groups is 1. The van der Waals surface area contributed by atoms with E-state index in [1.165, 1.54) is 6.07 Å². The van der Waals surface area contributed by atoms with Gasteiger partial charge in [0.1, 0.15) is 5.75 Å². The van der Waals surface area contributed by atoms with Crippen molar-refractivity contribution in [2.75, 3.05) is 7.11 Å². The molecule has 0 saturated heterocycles. The van der Waals surface area contributed by atoms with Crippen molar-refractivity contribution in [3.05, 3.63) is 106 Å². The van der Waals surface area contributed by atoms with Gasteiger partial charge in [-0.1, -0.05) is 42.5 Å². The molecule has 7 nitrogen and oxygen atoms in total. The molecule has 162 valence electrons. The Labute approximate surface area is 191 Å². The van der Waals surface area contributed by atoms with Gasteiger partial charge >= 0.3 is 0 Å². The number of nitrogens with one attached hydrogen (secondary N) is 1. The molecule has 32 heavy (non-hydrogen) atoms. The van der Waals surface area contributed by atoms with Crippen LogP contribution in [-0.4, -0.2) is 27.9 Å². The molecule has 3 aromatic rings. The topological polar surface area (TPSA) is 80.0 Å². The van der Waals surface area contributed by atoms with Gasteiger partial charge in [-0.25, -0.2) is 5.01 Å². The molecule has 0 spiro atoms. The van der Waals surface area contributed by atoms with E-state index in [1.54, 1.807) is 24.3 Å². The van der Waals surface area contributed by atoms with Crippen LogP contribution in [0.1, 0.15) is 29.2 Å². The van der Waals surface area contributed by atoms with Crippen molar-refractivity contribution in [1.82, 2.24) is 10.3 Å². The minimum atomic E-state index is -0.389. The number of hydrogen-bond donors (Lipinski definition) is 1. The first-order chi connectivity index (χ1) is 15.5. The monoisotopic (exact) mass is 446 g/mol. The van der Waals surface area contributed by atoms with E-state index in [9.17, 15) is 10.1 Å². The summed E-state index contributed by atoms with van der Waals surface area (Å²) in [7, 11) is 1.62. The molecule has 3 aromatic carbocycles. The summed E-state index contributed by atoms with van der Waals surface area (Å²) in [5.41, 5.74) is 3.74. The van der Waals surface area contributed by atoms with E-state index < -0.39 is 0 Å². The standard InChI is InChI=1S/C24H22N4O3S/c1-31-21-12-10-18(11-13-21)22-15-23(19-8-5-9-20(14-19)28(29)30)27(26-22)24(32)25-16-17-6-3-2-4-7-17/h2-14,23H,15-16H2,1H3,(H,25,32)/t23-/m1/s1. The van der Waals surface area contributed by atoms with Gasteiger partial charge in [0.2, 0.25) is 0 Å². The maximum absolute atomic E-state index is 11.3. The molecule has 0 unspecified atom stereocenters. The van der Waals surface area contributed by atoms with Crippen LogP contribution in [0.15, 0.2) is 84.0 Å². The van der Waals surface area contributed by atoms with Crippen molar-refractivity contribution in [2.45, 2.75) is 19.0 Å². The molecule has 0 saturated carbocycles. The van der Waals surface area contributed by atoms with Gasteiger partial charge in [0, 0.05) is 25.1 Å². The lowest BCUT2D eigenvalue weighted by molar-refractivity contribution is -0.384. The molecule has 1 atom stereocenters. The number of non-ortho nitro benzene ring substituents is 1. The van der Waals surface area contributed by atoms with Gasteiger partial charge in [-0.05, 0) is 53.2 Å². The zero-order chi connectivity index (χ0) is 22.5. The molecule has 1 heterocycles. The molecule has 0 radical (unpaired) electrons. The van der Waals surface area contributed by atoms with E-state index in [2.05, 4.69) is 5.32 Å². The van der Waals surface area contributed by atoms with E-state index in [4.69, 9.17) is 22.1 Å². The third-order valence-electron chi connectivity index (χ3n) is 5.29. The lowest BCUT2D eigenvalue weighted by atomic mass is 9.98. The number of nitro groups is 1. The first kappa shape index (κ1) is 21.5. The van der Waals surface area contributed by atoms with Crippen LogP contribution in [-0.2, 0) is 6.54 Å². The van der Waals surface area contributed by atoms with E-state index in [0.717, 1.165) is 28.2 Å². The highest BCUT2D eigenvalue weighted by Gasteiger charge is 2.32. The van der Waals surface area contributed by atoms with Crippen molar-refractivity contribution in [3.63, 3.8) is 0 Å². The molecule has 1 N–H and O–H groups in total. The van der Waals surface area contributed by atoms with Gasteiger partial charge < -0.3 is 10.1 Å². The van der Waals surface area contributed by atoms with E-state index >= 15 is 0 Å². The van der Waals surface area contributed by atoms with Crippen LogP contribution in [0.4, 0.5) is 5.69 Å². The third-order valence-corrected chi connectivity index (χ3v) is 5.63. The number of ether oxygens (including phenoxy) is 1. The minimum Gasteiger partial charge on any atom is -0.497 e. The minimum absolute atomic E-state index is 0.0449. The molecule has 0 fully saturated rings. The van der Waals surface area contributed by atoms with E-state index in [-0.39, 0.29) is 16.7 Å². The van der Waals surface area contributed by atoms with Gasteiger partial charge in [0.15, 0.2) is 5.11 Å². The fourth-order valence-corrected chi connectivity index (χ4v) is 3.86. The summed E-state index contributed by atoms with van der Waals surface area (Å²) in [6.07, 6.45) is 0.570. The third kappa shape index (κ3) is 4.76. The van der Waals surface area contributed by atoms with E-state index in [1.807, 2.05) is 60.7 Å². The first-order valence-corrected chi connectivity index (χ1v) is 10.5. The maximum atomic E-state index is 11.3. The van der Waals surface area contributed by atoms with Gasteiger partial charge in [-0.15, -0.1) is 0 Å². The Kier molecular flexibility index (Phi) is 6.42. The maximum Gasteiger partial charge on any atom is 0.269 e. The zero-order valence-electron chi connectivity index (χ0n) is 17.5. The molecule has 1 aliphatic heterocycles. The second-order valence-electron chi connectivity index (χ2n) is 7.34. The molecule has 0 amide bonds. The van der Waals surface area contributed by atoms with Gasteiger partial charge in [-0.3, -0.25) is 10.1 Å². The van der Waals surface area contributed by atoms with Crippen LogP contribution in [0.2, 0.25) is 0 Å². The van der Waals surface area contributed by atoms with Crippen molar-refractivity contribution in [2.24, 2.45) is 5.10 Å². The average molecular weight is 447 g/mol. The van der Waals surface area contributed by atoms with Gasteiger partial charge in [-0.2, -0.15) is 5.10 Å². The summed E-state index contributed by atoms with van der Waals surface area (Å²) in [4.78, 5) is 10.9. The highest BCUT2D eigenvalue weighted by atomic mass is 32.1. The summed E-state index contributed by atoms with van der Waals surface area (Å²) in [5.74, 6) is 0.763. The van der Waals surface area contributed by atoms with E-state index in [0.29, 0.717) is 18.1 Å². The summed E-state index contributed by atoms with van der Waals surface area (Å²) < 4.78 is 5.25. The number of methoxy groups -OCH3 is 1. The van der Waals surface area contributed by atoms with Crippen LogP contribution in [0, 0.1) is 10.1 Å². The van der Waals surface area contributed by atoms with Crippen molar-refractivity contribution < 1.29 is 9.66 Å². The molecule has 0 aromatic heterocycles. The molecule has 0 bridgehead atoms. The number of nitro benzene ring substituents is 1. The Hall–Kier alpha value is -3.78. The molecule has 1 aliphatic rings. The second-order valence-corrected chi connectivity index (χ2v) is 7.72. The SMILES string of the molecule is COc1ccc(C2=NN(C(=S)NCc3ccccc3)[C@@H](c3cccc([N+](=O)[O-])c3)C2)cc1. The smallest absolute Gasteiger partial charge is 0.269 e. The summed E-state index contributed by atoms with van der Waals surface area (Å²) in [5, 5.41) is 21.6. The Bertz CT molecular complexity index is 1150. The van der Waals surface area contributed by atoms with Crippen LogP contribution >= 0.6 is 12.2 Å². The van der Waals surface area contributed by atoms with Crippen LogP contribution in [0.5, 0.6) is 5.75 Å². The highest BCUT2D eigenvalue weighted by Crippen LogP contribution is 2.34. The Morgan fingerprint density at radius 3 is 2.59 bits per heavy atom. The van der Waals surface area contributed by atoms with Crippen LogP contribution in [0.25, 0.3) is 0 Å².